The van der Waals surface area contributed by atoms with Gasteiger partial charge in [-0.3, -0.25) is 4.79 Å². The number of rotatable bonds is 8. The second-order valence-electron chi connectivity index (χ2n) is 5.63. The molecule has 0 saturated heterocycles. The normalized spacial score (nSPS) is 11.8. The zero-order valence-corrected chi connectivity index (χ0v) is 14.9. The molecule has 0 heterocycles. The molecular formula is C21H22FNO3. The highest BCUT2D eigenvalue weighted by Gasteiger charge is 2.11. The lowest BCUT2D eigenvalue weighted by atomic mass is 10.1. The lowest BCUT2D eigenvalue weighted by Crippen LogP contribution is -2.24. The quantitative estimate of drug-likeness (QED) is 0.568. The summed E-state index contributed by atoms with van der Waals surface area (Å²) in [6.45, 7) is 5.83. The van der Waals surface area contributed by atoms with Crippen LogP contribution in [0.2, 0.25) is 0 Å². The fourth-order valence-electron chi connectivity index (χ4n) is 2.30. The van der Waals surface area contributed by atoms with Crippen LogP contribution in [0.25, 0.3) is 6.08 Å². The van der Waals surface area contributed by atoms with Crippen LogP contribution in [0, 0.1) is 5.82 Å². The first-order valence-corrected chi connectivity index (χ1v) is 8.19. The van der Waals surface area contributed by atoms with E-state index in [0.717, 1.165) is 11.3 Å². The highest BCUT2D eigenvalue weighted by molar-refractivity contribution is 5.92. The van der Waals surface area contributed by atoms with Crippen molar-refractivity contribution in [1.29, 1.82) is 0 Å². The van der Waals surface area contributed by atoms with Crippen LogP contribution in [-0.2, 0) is 4.79 Å². The number of benzene rings is 2. The molecule has 0 fully saturated rings. The molecule has 136 valence electrons. The van der Waals surface area contributed by atoms with E-state index in [0.29, 0.717) is 12.2 Å². The number of amides is 1. The fraction of sp³-hybridized carbons (Fsp3) is 0.190. The van der Waals surface area contributed by atoms with E-state index in [1.54, 1.807) is 31.2 Å². The van der Waals surface area contributed by atoms with E-state index in [-0.39, 0.29) is 17.7 Å². The molecule has 0 unspecified atom stereocenters. The van der Waals surface area contributed by atoms with Gasteiger partial charge in [0, 0.05) is 6.08 Å². The molecule has 2 aromatic carbocycles. The Morgan fingerprint density at radius 2 is 2.00 bits per heavy atom. The second kappa shape index (κ2) is 9.42. The molecule has 5 heteroatoms. The summed E-state index contributed by atoms with van der Waals surface area (Å²) >= 11 is 0. The molecule has 2 rings (SSSR count). The predicted molar refractivity (Wildman–Crippen MR) is 101 cm³/mol. The average Bonchev–Trinajstić information content (AvgIpc) is 2.65. The molecule has 0 radical (unpaired) electrons. The van der Waals surface area contributed by atoms with E-state index in [9.17, 15) is 9.18 Å². The molecule has 26 heavy (non-hydrogen) atoms. The zero-order valence-electron chi connectivity index (χ0n) is 14.9. The summed E-state index contributed by atoms with van der Waals surface area (Å²) in [6, 6.07) is 11.6. The van der Waals surface area contributed by atoms with Crippen molar-refractivity contribution in [3.63, 3.8) is 0 Å². The van der Waals surface area contributed by atoms with E-state index < -0.39 is 5.82 Å². The van der Waals surface area contributed by atoms with E-state index in [1.165, 1.54) is 19.3 Å². The van der Waals surface area contributed by atoms with Crippen LogP contribution in [-0.4, -0.2) is 19.6 Å². The van der Waals surface area contributed by atoms with Crippen molar-refractivity contribution in [2.75, 3.05) is 13.7 Å². The molecular weight excluding hydrogens is 333 g/mol. The third kappa shape index (κ3) is 5.48. The van der Waals surface area contributed by atoms with Crippen molar-refractivity contribution in [2.45, 2.75) is 13.0 Å². The van der Waals surface area contributed by atoms with Crippen molar-refractivity contribution in [3.05, 3.63) is 78.1 Å². The third-order valence-corrected chi connectivity index (χ3v) is 3.71. The molecule has 0 aliphatic carbocycles. The van der Waals surface area contributed by atoms with Gasteiger partial charge in [0.2, 0.25) is 5.91 Å². The topological polar surface area (TPSA) is 47.6 Å². The largest absolute Gasteiger partial charge is 0.494 e. The first-order chi connectivity index (χ1) is 12.5. The third-order valence-electron chi connectivity index (χ3n) is 3.71. The Morgan fingerprint density at radius 1 is 1.27 bits per heavy atom. The summed E-state index contributed by atoms with van der Waals surface area (Å²) in [4.78, 5) is 12.1. The summed E-state index contributed by atoms with van der Waals surface area (Å²) in [5, 5.41) is 2.80. The number of carbonyl (C=O) groups excluding carboxylic acids is 1. The number of ether oxygens (including phenoxy) is 2. The Labute approximate surface area is 152 Å². The maximum Gasteiger partial charge on any atom is 0.244 e. The predicted octanol–water partition coefficient (Wildman–Crippen LogP) is 4.29. The van der Waals surface area contributed by atoms with Crippen molar-refractivity contribution < 1.29 is 18.7 Å². The Balaban J connectivity index is 1.93. The van der Waals surface area contributed by atoms with Crippen LogP contribution in [0.5, 0.6) is 11.5 Å². The smallest absolute Gasteiger partial charge is 0.244 e. The maximum atomic E-state index is 13.8. The van der Waals surface area contributed by atoms with Gasteiger partial charge in [0.15, 0.2) is 11.6 Å². The molecule has 1 amide bonds. The van der Waals surface area contributed by atoms with Gasteiger partial charge in [0.25, 0.3) is 0 Å². The van der Waals surface area contributed by atoms with E-state index in [1.807, 2.05) is 24.3 Å². The minimum atomic E-state index is -0.458. The van der Waals surface area contributed by atoms with Gasteiger partial charge in [-0.2, -0.15) is 0 Å². The van der Waals surface area contributed by atoms with E-state index in [4.69, 9.17) is 9.47 Å². The summed E-state index contributed by atoms with van der Waals surface area (Å²) in [5.41, 5.74) is 1.53. The summed E-state index contributed by atoms with van der Waals surface area (Å²) in [6.07, 6.45) is 4.82. The van der Waals surface area contributed by atoms with Crippen LogP contribution in [0.1, 0.15) is 24.1 Å². The molecule has 1 N–H and O–H groups in total. The van der Waals surface area contributed by atoms with E-state index >= 15 is 0 Å². The van der Waals surface area contributed by atoms with Gasteiger partial charge in [-0.25, -0.2) is 4.39 Å². The molecule has 0 aliphatic rings. The molecule has 0 aliphatic heterocycles. The molecule has 0 bridgehead atoms. The molecule has 0 saturated carbocycles. The monoisotopic (exact) mass is 355 g/mol. The minimum Gasteiger partial charge on any atom is -0.494 e. The number of halogens is 1. The molecule has 4 nitrogen and oxygen atoms in total. The minimum absolute atomic E-state index is 0.174. The van der Waals surface area contributed by atoms with Crippen LogP contribution in [0.4, 0.5) is 4.39 Å². The lowest BCUT2D eigenvalue weighted by molar-refractivity contribution is -0.117. The van der Waals surface area contributed by atoms with Gasteiger partial charge in [0.05, 0.1) is 13.2 Å². The van der Waals surface area contributed by atoms with Gasteiger partial charge < -0.3 is 14.8 Å². The van der Waals surface area contributed by atoms with Gasteiger partial charge in [0.1, 0.15) is 12.4 Å². The van der Waals surface area contributed by atoms with Crippen molar-refractivity contribution in [3.8, 4) is 11.5 Å². The Kier molecular flexibility index (Phi) is 6.97. The Hall–Kier alpha value is -3.08. The Morgan fingerprint density at radius 3 is 2.62 bits per heavy atom. The van der Waals surface area contributed by atoms with Crippen LogP contribution >= 0.6 is 0 Å². The summed E-state index contributed by atoms with van der Waals surface area (Å²) in [5.74, 6) is 0.190. The highest BCUT2D eigenvalue weighted by Crippen LogP contribution is 2.21. The van der Waals surface area contributed by atoms with Gasteiger partial charge in [-0.05, 0) is 48.4 Å². The number of nitrogens with one attached hydrogen (secondary N) is 1. The highest BCUT2D eigenvalue weighted by atomic mass is 19.1. The number of hydrogen-bond acceptors (Lipinski definition) is 3. The number of methoxy groups -OCH3 is 1. The number of carbonyl (C=O) groups is 1. The molecule has 0 spiro atoms. The van der Waals surface area contributed by atoms with Crippen molar-refractivity contribution >= 4 is 12.0 Å². The summed E-state index contributed by atoms with van der Waals surface area (Å²) in [7, 11) is 1.41. The molecule has 0 aromatic heterocycles. The number of hydrogen-bond donors (Lipinski definition) is 1. The molecule has 2 aromatic rings. The van der Waals surface area contributed by atoms with Crippen LogP contribution in [0.15, 0.2) is 61.2 Å². The van der Waals surface area contributed by atoms with Crippen molar-refractivity contribution in [2.24, 2.45) is 0 Å². The van der Waals surface area contributed by atoms with Gasteiger partial charge in [-0.1, -0.05) is 30.9 Å². The first kappa shape index (κ1) is 19.2. The van der Waals surface area contributed by atoms with Crippen LogP contribution < -0.4 is 14.8 Å². The average molecular weight is 355 g/mol. The SMILES string of the molecule is C=CCOc1ccc(/C=C/C(=O)N[C@H](C)c2ccc(OC)c(F)c2)cc1. The lowest BCUT2D eigenvalue weighted by Gasteiger charge is -2.14. The first-order valence-electron chi connectivity index (χ1n) is 8.19. The van der Waals surface area contributed by atoms with Gasteiger partial charge >= 0.3 is 0 Å². The zero-order chi connectivity index (χ0) is 18.9. The standard InChI is InChI=1S/C21H22FNO3/c1-4-13-26-18-9-5-16(6-10-18)7-12-21(24)23-15(2)17-8-11-20(25-3)19(22)14-17/h4-12,14-15H,1,13H2,2-3H3,(H,23,24)/b12-7+/t15-/m1/s1. The fourth-order valence-corrected chi connectivity index (χ4v) is 2.30. The van der Waals surface area contributed by atoms with Crippen molar-refractivity contribution in [1.82, 2.24) is 5.32 Å². The van der Waals surface area contributed by atoms with Gasteiger partial charge in [-0.15, -0.1) is 0 Å². The molecule has 1 atom stereocenters. The second-order valence-corrected chi connectivity index (χ2v) is 5.63. The maximum absolute atomic E-state index is 13.8. The Bertz CT molecular complexity index is 784. The summed E-state index contributed by atoms with van der Waals surface area (Å²) < 4.78 is 24.1. The van der Waals surface area contributed by atoms with E-state index in [2.05, 4.69) is 11.9 Å². The van der Waals surface area contributed by atoms with Crippen LogP contribution in [0.3, 0.4) is 0 Å².